The van der Waals surface area contributed by atoms with Crippen molar-refractivity contribution in [3.8, 4) is 0 Å². The lowest BCUT2D eigenvalue weighted by molar-refractivity contribution is 1.21. The van der Waals surface area contributed by atoms with Crippen LogP contribution in [0.4, 0.5) is 0 Å². The molecule has 0 aliphatic heterocycles. The van der Waals surface area contributed by atoms with E-state index in [9.17, 15) is 0 Å². The molecule has 1 aromatic carbocycles. The normalized spacial score (nSPS) is 10.4. The third-order valence-corrected chi connectivity index (χ3v) is 2.25. The van der Waals surface area contributed by atoms with Gasteiger partial charge in [0.25, 0.3) is 0 Å². The second-order valence-electron chi connectivity index (χ2n) is 2.44. The molecule has 0 radical (unpaired) electrons. The van der Waals surface area contributed by atoms with Crippen LogP contribution in [0.25, 0.3) is 0 Å². The topological polar surface area (TPSA) is 76.8 Å². The van der Waals surface area contributed by atoms with Crippen LogP contribution in [-0.2, 0) is 0 Å². The van der Waals surface area contributed by atoms with Crippen LogP contribution in [0.15, 0.2) is 32.9 Å². The summed E-state index contributed by atoms with van der Waals surface area (Å²) in [4.78, 5) is 0. The molecule has 1 aromatic rings. The Balaban J connectivity index is 2.87. The van der Waals surface area contributed by atoms with E-state index in [0.29, 0.717) is 5.02 Å². The van der Waals surface area contributed by atoms with E-state index in [2.05, 4.69) is 26.1 Å². The Kier molecular flexibility index (Phi) is 3.91. The number of halogens is 2. The van der Waals surface area contributed by atoms with E-state index in [1.165, 1.54) is 6.21 Å². The molecule has 4 N–H and O–H groups in total. The predicted molar refractivity (Wildman–Crippen MR) is 62.6 cm³/mol. The fraction of sp³-hybridized carbons (Fsp3) is 0. The summed E-state index contributed by atoms with van der Waals surface area (Å²) in [6, 6.07) is 5.32. The number of nitrogens with zero attached hydrogens (tertiary/aromatic N) is 2. The molecular formula is C8H8BrClN4. The van der Waals surface area contributed by atoms with E-state index in [-0.39, 0.29) is 5.96 Å². The number of nitrogens with two attached hydrogens (primary N) is 2. The summed E-state index contributed by atoms with van der Waals surface area (Å²) in [6.45, 7) is 0. The van der Waals surface area contributed by atoms with E-state index in [4.69, 9.17) is 23.1 Å². The zero-order chi connectivity index (χ0) is 10.6. The summed E-state index contributed by atoms with van der Waals surface area (Å²) in [5.74, 6) is -0.0775. The van der Waals surface area contributed by atoms with Gasteiger partial charge in [-0.2, -0.15) is 5.10 Å². The van der Waals surface area contributed by atoms with Gasteiger partial charge in [-0.3, -0.25) is 0 Å². The van der Waals surface area contributed by atoms with Gasteiger partial charge in [0.15, 0.2) is 0 Å². The highest BCUT2D eigenvalue weighted by molar-refractivity contribution is 9.10. The Morgan fingerprint density at radius 3 is 2.71 bits per heavy atom. The lowest BCUT2D eigenvalue weighted by Crippen LogP contribution is -2.21. The standard InChI is InChI=1S/C8H8BrClN4/c9-7-3-6(10)2-1-5(7)4-13-14-8(11)12/h1-4H,(H4,11,12,14). The van der Waals surface area contributed by atoms with Gasteiger partial charge in [0.1, 0.15) is 0 Å². The number of hydrogen-bond acceptors (Lipinski definition) is 2. The molecule has 0 saturated carbocycles. The maximum absolute atomic E-state index is 5.76. The van der Waals surface area contributed by atoms with Gasteiger partial charge in [0.05, 0.1) is 6.21 Å². The van der Waals surface area contributed by atoms with Gasteiger partial charge < -0.3 is 11.5 Å². The van der Waals surface area contributed by atoms with E-state index in [1.807, 2.05) is 0 Å². The summed E-state index contributed by atoms with van der Waals surface area (Å²) in [6.07, 6.45) is 1.53. The van der Waals surface area contributed by atoms with Crippen LogP contribution in [0, 0.1) is 0 Å². The molecule has 0 unspecified atom stereocenters. The van der Waals surface area contributed by atoms with Crippen LogP contribution >= 0.6 is 27.5 Å². The molecule has 0 aromatic heterocycles. The molecule has 0 heterocycles. The Morgan fingerprint density at radius 2 is 2.14 bits per heavy atom. The molecule has 0 amide bonds. The Labute approximate surface area is 94.8 Å². The average molecular weight is 276 g/mol. The minimum atomic E-state index is -0.0775. The van der Waals surface area contributed by atoms with Crippen LogP contribution in [0.5, 0.6) is 0 Å². The number of guanidine groups is 1. The second-order valence-corrected chi connectivity index (χ2v) is 3.73. The third kappa shape index (κ3) is 3.35. The van der Waals surface area contributed by atoms with Gasteiger partial charge in [-0.15, -0.1) is 5.10 Å². The molecule has 4 nitrogen and oxygen atoms in total. The van der Waals surface area contributed by atoms with Crippen LogP contribution < -0.4 is 11.5 Å². The predicted octanol–water partition coefficient (Wildman–Crippen LogP) is 1.71. The molecule has 1 rings (SSSR count). The highest BCUT2D eigenvalue weighted by atomic mass is 79.9. The Morgan fingerprint density at radius 1 is 1.43 bits per heavy atom. The van der Waals surface area contributed by atoms with Crippen molar-refractivity contribution in [1.29, 1.82) is 0 Å². The van der Waals surface area contributed by atoms with E-state index in [1.54, 1.807) is 18.2 Å². The van der Waals surface area contributed by atoms with Crippen LogP contribution in [0.1, 0.15) is 5.56 Å². The fourth-order valence-corrected chi connectivity index (χ4v) is 1.55. The quantitative estimate of drug-likeness (QED) is 0.490. The monoisotopic (exact) mass is 274 g/mol. The summed E-state index contributed by atoms with van der Waals surface area (Å²) < 4.78 is 0.833. The van der Waals surface area contributed by atoms with Crippen LogP contribution in [0.3, 0.4) is 0 Å². The molecule has 14 heavy (non-hydrogen) atoms. The van der Waals surface area contributed by atoms with Crippen molar-refractivity contribution in [3.63, 3.8) is 0 Å². The van der Waals surface area contributed by atoms with Gasteiger partial charge in [0.2, 0.25) is 5.96 Å². The summed E-state index contributed by atoms with van der Waals surface area (Å²) in [5.41, 5.74) is 11.0. The Hall–Kier alpha value is -1.07. The first kappa shape index (κ1) is 11.0. The van der Waals surface area contributed by atoms with Crippen molar-refractivity contribution in [2.45, 2.75) is 0 Å². The molecule has 0 fully saturated rings. The number of rotatable bonds is 2. The minimum absolute atomic E-state index is 0.0775. The summed E-state index contributed by atoms with van der Waals surface area (Å²) in [7, 11) is 0. The largest absolute Gasteiger partial charge is 0.369 e. The van der Waals surface area contributed by atoms with E-state index < -0.39 is 0 Å². The van der Waals surface area contributed by atoms with Crippen molar-refractivity contribution in [2.75, 3.05) is 0 Å². The van der Waals surface area contributed by atoms with Gasteiger partial charge >= 0.3 is 0 Å². The first-order valence-corrected chi connectivity index (χ1v) is 4.83. The summed E-state index contributed by atoms with van der Waals surface area (Å²) >= 11 is 9.09. The van der Waals surface area contributed by atoms with Crippen molar-refractivity contribution >= 4 is 39.7 Å². The molecule has 0 aliphatic carbocycles. The van der Waals surface area contributed by atoms with Crippen LogP contribution in [-0.4, -0.2) is 12.2 Å². The summed E-state index contributed by atoms with van der Waals surface area (Å²) in [5, 5.41) is 7.79. The van der Waals surface area contributed by atoms with E-state index >= 15 is 0 Å². The van der Waals surface area contributed by atoms with Gasteiger partial charge in [-0.25, -0.2) is 0 Å². The third-order valence-electron chi connectivity index (χ3n) is 1.33. The SMILES string of the molecule is NC(N)=NN=Cc1ccc(Cl)cc1Br. The number of hydrogen-bond donors (Lipinski definition) is 2. The first-order chi connectivity index (χ1) is 6.59. The minimum Gasteiger partial charge on any atom is -0.369 e. The highest BCUT2D eigenvalue weighted by Crippen LogP contribution is 2.19. The fourth-order valence-electron chi connectivity index (χ4n) is 0.764. The van der Waals surface area contributed by atoms with Crippen LogP contribution in [0.2, 0.25) is 5.02 Å². The van der Waals surface area contributed by atoms with Gasteiger partial charge in [-0.1, -0.05) is 33.6 Å². The first-order valence-electron chi connectivity index (χ1n) is 3.66. The molecule has 0 spiro atoms. The maximum atomic E-state index is 5.76. The zero-order valence-electron chi connectivity index (χ0n) is 7.11. The molecular weight excluding hydrogens is 267 g/mol. The lowest BCUT2D eigenvalue weighted by Gasteiger charge is -1.96. The Bertz CT molecular complexity index is 385. The highest BCUT2D eigenvalue weighted by Gasteiger charge is 1.96. The lowest BCUT2D eigenvalue weighted by atomic mass is 10.2. The van der Waals surface area contributed by atoms with Crippen molar-refractivity contribution < 1.29 is 0 Å². The van der Waals surface area contributed by atoms with Crippen molar-refractivity contribution in [3.05, 3.63) is 33.3 Å². The molecule has 0 aliphatic rings. The molecule has 0 saturated heterocycles. The smallest absolute Gasteiger partial charge is 0.211 e. The van der Waals surface area contributed by atoms with Gasteiger partial charge in [0, 0.05) is 15.1 Å². The van der Waals surface area contributed by atoms with Crippen molar-refractivity contribution in [1.82, 2.24) is 0 Å². The average Bonchev–Trinajstić information content (AvgIpc) is 2.08. The number of benzene rings is 1. The molecule has 0 bridgehead atoms. The molecule has 6 heteroatoms. The van der Waals surface area contributed by atoms with E-state index in [0.717, 1.165) is 10.0 Å². The maximum Gasteiger partial charge on any atom is 0.211 e. The molecule has 74 valence electrons. The zero-order valence-corrected chi connectivity index (χ0v) is 9.46. The second kappa shape index (κ2) is 4.97. The van der Waals surface area contributed by atoms with Crippen molar-refractivity contribution in [2.24, 2.45) is 21.7 Å². The molecule has 0 atom stereocenters. The van der Waals surface area contributed by atoms with Gasteiger partial charge in [-0.05, 0) is 12.1 Å².